The molecule has 1 aliphatic rings. The van der Waals surface area contributed by atoms with Crippen molar-refractivity contribution in [3.05, 3.63) is 29.8 Å². The molecule has 1 aromatic rings. The van der Waals surface area contributed by atoms with E-state index >= 15 is 0 Å². The summed E-state index contributed by atoms with van der Waals surface area (Å²) in [4.78, 5) is 16.3. The third-order valence-corrected chi connectivity index (χ3v) is 3.78. The maximum absolute atomic E-state index is 12.1. The molecule has 4 heteroatoms. The molecule has 1 unspecified atom stereocenters. The Morgan fingerprint density at radius 2 is 2.11 bits per heavy atom. The van der Waals surface area contributed by atoms with Gasteiger partial charge in [-0.25, -0.2) is 0 Å². The normalized spacial score (nSPS) is 19.6. The van der Waals surface area contributed by atoms with Gasteiger partial charge in [0.1, 0.15) is 0 Å². The highest BCUT2D eigenvalue weighted by molar-refractivity contribution is 5.78. The van der Waals surface area contributed by atoms with Gasteiger partial charge in [0.05, 0.1) is 6.42 Å². The molecule has 0 aliphatic carbocycles. The molecular formula is C15H23N3O. The van der Waals surface area contributed by atoms with E-state index in [4.69, 9.17) is 5.73 Å². The molecular weight excluding hydrogens is 238 g/mol. The molecule has 0 aromatic heterocycles. The molecule has 2 N–H and O–H groups in total. The molecule has 1 amide bonds. The van der Waals surface area contributed by atoms with E-state index < -0.39 is 0 Å². The van der Waals surface area contributed by atoms with Gasteiger partial charge in [-0.15, -0.1) is 0 Å². The fourth-order valence-corrected chi connectivity index (χ4v) is 2.61. The molecule has 1 fully saturated rings. The Labute approximate surface area is 115 Å². The summed E-state index contributed by atoms with van der Waals surface area (Å²) in [6, 6.07) is 7.53. The van der Waals surface area contributed by atoms with Crippen molar-refractivity contribution in [3.63, 3.8) is 0 Å². The first kappa shape index (κ1) is 13.9. The number of nitrogens with two attached hydrogens (primary N) is 1. The van der Waals surface area contributed by atoms with E-state index in [2.05, 4.69) is 11.9 Å². The number of amides is 1. The number of likely N-dealkylation sites (N-methyl/N-ethyl adjacent to an activating group) is 1. The zero-order valence-electron chi connectivity index (χ0n) is 11.8. The highest BCUT2D eigenvalue weighted by Crippen LogP contribution is 2.15. The van der Waals surface area contributed by atoms with Gasteiger partial charge in [0.15, 0.2) is 0 Å². The Bertz CT molecular complexity index is 430. The number of hydrogen-bond donors (Lipinski definition) is 1. The minimum absolute atomic E-state index is 0.180. The van der Waals surface area contributed by atoms with Crippen LogP contribution in [0.25, 0.3) is 0 Å². The lowest BCUT2D eigenvalue weighted by atomic mass is 10.1. The van der Waals surface area contributed by atoms with Gasteiger partial charge in [-0.1, -0.05) is 12.1 Å². The summed E-state index contributed by atoms with van der Waals surface area (Å²) in [5, 5.41) is 0. The van der Waals surface area contributed by atoms with Crippen molar-refractivity contribution in [1.82, 2.24) is 9.80 Å². The topological polar surface area (TPSA) is 49.6 Å². The first-order chi connectivity index (χ1) is 9.04. The summed E-state index contributed by atoms with van der Waals surface area (Å²) < 4.78 is 0. The maximum Gasteiger partial charge on any atom is 0.226 e. The molecule has 104 valence electrons. The molecule has 0 spiro atoms. The van der Waals surface area contributed by atoms with Gasteiger partial charge in [0.25, 0.3) is 0 Å². The molecule has 1 aromatic carbocycles. The van der Waals surface area contributed by atoms with Crippen LogP contribution < -0.4 is 5.73 Å². The first-order valence-corrected chi connectivity index (χ1v) is 6.81. The summed E-state index contributed by atoms with van der Waals surface area (Å²) in [5.41, 5.74) is 7.40. The molecule has 0 saturated carbocycles. The van der Waals surface area contributed by atoms with E-state index in [1.165, 1.54) is 6.42 Å². The van der Waals surface area contributed by atoms with E-state index in [0.717, 1.165) is 30.9 Å². The number of anilines is 1. The monoisotopic (exact) mass is 261 g/mol. The average molecular weight is 261 g/mol. The molecule has 0 radical (unpaired) electrons. The van der Waals surface area contributed by atoms with Crippen LogP contribution in [0.1, 0.15) is 12.0 Å². The number of nitrogen functional groups attached to an aromatic ring is 1. The Hall–Kier alpha value is -1.55. The number of nitrogens with zero attached hydrogens (tertiary/aromatic N) is 2. The van der Waals surface area contributed by atoms with Crippen LogP contribution in [0.5, 0.6) is 0 Å². The Kier molecular flexibility index (Phi) is 4.43. The molecule has 1 aliphatic heterocycles. The van der Waals surface area contributed by atoms with Crippen molar-refractivity contribution in [1.29, 1.82) is 0 Å². The van der Waals surface area contributed by atoms with Crippen LogP contribution in [-0.4, -0.2) is 49.4 Å². The van der Waals surface area contributed by atoms with Crippen LogP contribution >= 0.6 is 0 Å². The van der Waals surface area contributed by atoms with Crippen molar-refractivity contribution in [3.8, 4) is 0 Å². The zero-order valence-corrected chi connectivity index (χ0v) is 11.8. The lowest BCUT2D eigenvalue weighted by Gasteiger charge is -2.21. The van der Waals surface area contributed by atoms with Gasteiger partial charge in [0.2, 0.25) is 5.91 Å². The number of rotatable bonds is 4. The summed E-state index contributed by atoms with van der Waals surface area (Å²) in [6.07, 6.45) is 1.65. The molecule has 1 saturated heterocycles. The number of hydrogen-bond acceptors (Lipinski definition) is 3. The Morgan fingerprint density at radius 1 is 1.42 bits per heavy atom. The summed E-state index contributed by atoms with van der Waals surface area (Å²) >= 11 is 0. The lowest BCUT2D eigenvalue weighted by molar-refractivity contribution is -0.129. The molecule has 1 atom stereocenters. The second-order valence-electron chi connectivity index (χ2n) is 5.61. The average Bonchev–Trinajstić information content (AvgIpc) is 2.77. The Balaban J connectivity index is 1.83. The number of carbonyl (C=O) groups excluding carboxylic acids is 1. The van der Waals surface area contributed by atoms with Gasteiger partial charge < -0.3 is 15.5 Å². The molecule has 1 heterocycles. The van der Waals surface area contributed by atoms with Crippen LogP contribution in [0.15, 0.2) is 24.3 Å². The van der Waals surface area contributed by atoms with Crippen molar-refractivity contribution < 1.29 is 4.79 Å². The number of likely N-dealkylation sites (tertiary alicyclic amines) is 1. The fraction of sp³-hybridized carbons (Fsp3) is 0.533. The van der Waals surface area contributed by atoms with Crippen LogP contribution in [0, 0.1) is 5.92 Å². The van der Waals surface area contributed by atoms with E-state index in [1.807, 2.05) is 36.2 Å². The van der Waals surface area contributed by atoms with E-state index in [0.29, 0.717) is 12.3 Å². The summed E-state index contributed by atoms with van der Waals surface area (Å²) in [5.74, 6) is 0.796. The standard InChI is InChI=1S/C15H23N3O/c1-17-8-7-13(10-17)11-18(2)15(19)9-12-3-5-14(16)6-4-12/h3-6,13H,7-11,16H2,1-2H3. The van der Waals surface area contributed by atoms with E-state index in [9.17, 15) is 4.79 Å². The highest BCUT2D eigenvalue weighted by Gasteiger charge is 2.22. The highest BCUT2D eigenvalue weighted by atomic mass is 16.2. The number of benzene rings is 1. The second-order valence-corrected chi connectivity index (χ2v) is 5.61. The van der Waals surface area contributed by atoms with Crippen LogP contribution in [-0.2, 0) is 11.2 Å². The zero-order chi connectivity index (χ0) is 13.8. The third kappa shape index (κ3) is 3.96. The van der Waals surface area contributed by atoms with Crippen LogP contribution in [0.2, 0.25) is 0 Å². The second kappa shape index (κ2) is 6.06. The predicted octanol–water partition coefficient (Wildman–Crippen LogP) is 1.22. The minimum atomic E-state index is 0.180. The lowest BCUT2D eigenvalue weighted by Crippen LogP contribution is -2.33. The van der Waals surface area contributed by atoms with Crippen molar-refractivity contribution in [2.24, 2.45) is 5.92 Å². The molecule has 2 rings (SSSR count). The van der Waals surface area contributed by atoms with Crippen LogP contribution in [0.3, 0.4) is 0 Å². The van der Waals surface area contributed by atoms with Crippen molar-refractivity contribution in [2.75, 3.05) is 39.5 Å². The number of carbonyl (C=O) groups is 1. The van der Waals surface area contributed by atoms with Crippen molar-refractivity contribution >= 4 is 11.6 Å². The van der Waals surface area contributed by atoms with Gasteiger partial charge >= 0.3 is 0 Å². The third-order valence-electron chi connectivity index (χ3n) is 3.78. The quantitative estimate of drug-likeness (QED) is 0.829. The summed E-state index contributed by atoms with van der Waals surface area (Å²) in [6.45, 7) is 3.10. The van der Waals surface area contributed by atoms with Gasteiger partial charge in [0, 0.05) is 25.8 Å². The Morgan fingerprint density at radius 3 is 2.68 bits per heavy atom. The minimum Gasteiger partial charge on any atom is -0.399 e. The van der Waals surface area contributed by atoms with E-state index in [-0.39, 0.29) is 5.91 Å². The van der Waals surface area contributed by atoms with Gasteiger partial charge in [-0.05, 0) is 43.6 Å². The SMILES string of the molecule is CN1CCC(CN(C)C(=O)Cc2ccc(N)cc2)C1. The smallest absolute Gasteiger partial charge is 0.226 e. The first-order valence-electron chi connectivity index (χ1n) is 6.81. The van der Waals surface area contributed by atoms with E-state index in [1.54, 1.807) is 0 Å². The predicted molar refractivity (Wildman–Crippen MR) is 77.8 cm³/mol. The molecule has 4 nitrogen and oxygen atoms in total. The van der Waals surface area contributed by atoms with Gasteiger partial charge in [-0.3, -0.25) is 4.79 Å². The molecule has 19 heavy (non-hydrogen) atoms. The van der Waals surface area contributed by atoms with Crippen LogP contribution in [0.4, 0.5) is 5.69 Å². The van der Waals surface area contributed by atoms with Crippen molar-refractivity contribution in [2.45, 2.75) is 12.8 Å². The largest absolute Gasteiger partial charge is 0.399 e. The van der Waals surface area contributed by atoms with Gasteiger partial charge in [-0.2, -0.15) is 0 Å². The molecule has 0 bridgehead atoms. The summed E-state index contributed by atoms with van der Waals surface area (Å²) in [7, 11) is 4.04. The fourth-order valence-electron chi connectivity index (χ4n) is 2.61. The maximum atomic E-state index is 12.1.